The molecule has 0 bridgehead atoms. The van der Waals surface area contributed by atoms with Crippen molar-refractivity contribution >= 4 is 51.8 Å². The molecule has 2 aromatic carbocycles. The summed E-state index contributed by atoms with van der Waals surface area (Å²) in [6.45, 7) is 0. The second-order valence-corrected chi connectivity index (χ2v) is 6.60. The first-order valence-electron chi connectivity index (χ1n) is 6.22. The first-order valence-corrected chi connectivity index (χ1v) is 8.31. The molecule has 3 aromatic rings. The summed E-state index contributed by atoms with van der Waals surface area (Å²) in [5.74, 6) is 1.00. The fraction of sp³-hybridized carbons (Fsp3) is 0.143. The van der Waals surface area contributed by atoms with Gasteiger partial charge in [0.25, 0.3) is 0 Å². The van der Waals surface area contributed by atoms with E-state index in [2.05, 4.69) is 38.3 Å². The molecule has 1 N–H and O–H groups in total. The number of rotatable bonds is 2. The Balaban J connectivity index is 1.76. The normalized spacial score (nSPS) is 17.4. The lowest BCUT2D eigenvalue weighted by molar-refractivity contribution is 0.902. The maximum Gasteiger partial charge on any atom is 0.129 e. The number of hydrogen-bond acceptors (Lipinski definition) is 5. The zero-order valence-electron chi connectivity index (χ0n) is 10.3. The van der Waals surface area contributed by atoms with Gasteiger partial charge in [0.05, 0.1) is 28.5 Å². The van der Waals surface area contributed by atoms with E-state index >= 15 is 0 Å². The highest BCUT2D eigenvalue weighted by Gasteiger charge is 2.24. The smallest absolute Gasteiger partial charge is 0.129 e. The van der Waals surface area contributed by atoms with Gasteiger partial charge in [-0.25, -0.2) is 0 Å². The van der Waals surface area contributed by atoms with E-state index in [0.29, 0.717) is 5.02 Å². The number of thioether (sulfide) groups is 1. The van der Waals surface area contributed by atoms with Crippen LogP contribution in [0.15, 0.2) is 41.3 Å². The SMILES string of the molecule is Clc1ccc2nsnc2c1NC1CSc2ccccc21. The molecule has 0 spiro atoms. The Hall–Kier alpha value is -1.30. The number of nitrogens with zero attached hydrogens (tertiary/aromatic N) is 2. The third-order valence-electron chi connectivity index (χ3n) is 3.40. The molecule has 0 fully saturated rings. The van der Waals surface area contributed by atoms with Crippen molar-refractivity contribution in [1.29, 1.82) is 0 Å². The molecular formula is C14H10ClN3S2. The van der Waals surface area contributed by atoms with Crippen LogP contribution < -0.4 is 5.32 Å². The molecule has 3 nitrogen and oxygen atoms in total. The van der Waals surface area contributed by atoms with Gasteiger partial charge in [-0.05, 0) is 23.8 Å². The van der Waals surface area contributed by atoms with Crippen molar-refractivity contribution in [3.63, 3.8) is 0 Å². The molecular weight excluding hydrogens is 310 g/mol. The van der Waals surface area contributed by atoms with Gasteiger partial charge in [-0.3, -0.25) is 0 Å². The van der Waals surface area contributed by atoms with Crippen molar-refractivity contribution in [2.75, 3.05) is 11.1 Å². The Labute approximate surface area is 129 Å². The van der Waals surface area contributed by atoms with Crippen LogP contribution in [0.4, 0.5) is 5.69 Å². The largest absolute Gasteiger partial charge is 0.374 e. The monoisotopic (exact) mass is 319 g/mol. The molecule has 1 atom stereocenters. The van der Waals surface area contributed by atoms with Crippen LogP contribution in [-0.4, -0.2) is 14.5 Å². The van der Waals surface area contributed by atoms with Gasteiger partial charge >= 0.3 is 0 Å². The van der Waals surface area contributed by atoms with E-state index in [0.717, 1.165) is 22.5 Å². The van der Waals surface area contributed by atoms with Crippen LogP contribution in [0.3, 0.4) is 0 Å². The summed E-state index contributed by atoms with van der Waals surface area (Å²) in [6.07, 6.45) is 0. The Morgan fingerprint density at radius 1 is 1.15 bits per heavy atom. The highest BCUT2D eigenvalue weighted by atomic mass is 35.5. The minimum absolute atomic E-state index is 0.265. The molecule has 1 aliphatic rings. The van der Waals surface area contributed by atoms with Gasteiger partial charge in [-0.2, -0.15) is 8.75 Å². The van der Waals surface area contributed by atoms with Crippen LogP contribution in [-0.2, 0) is 0 Å². The van der Waals surface area contributed by atoms with Crippen molar-refractivity contribution in [2.24, 2.45) is 0 Å². The van der Waals surface area contributed by atoms with Gasteiger partial charge in [0, 0.05) is 10.6 Å². The lowest BCUT2D eigenvalue weighted by Crippen LogP contribution is -2.10. The molecule has 0 amide bonds. The molecule has 1 unspecified atom stereocenters. The van der Waals surface area contributed by atoms with Crippen LogP contribution in [0, 0.1) is 0 Å². The molecule has 0 saturated heterocycles. The highest BCUT2D eigenvalue weighted by Crippen LogP contribution is 2.41. The summed E-state index contributed by atoms with van der Waals surface area (Å²) < 4.78 is 8.62. The van der Waals surface area contributed by atoms with Crippen LogP contribution in [0.25, 0.3) is 11.0 Å². The fourth-order valence-electron chi connectivity index (χ4n) is 2.42. The standard InChI is InChI=1S/C14H10ClN3S2/c15-9-5-6-10-14(18-20-17-10)13(9)16-11-7-19-12-4-2-1-3-8(11)12/h1-6,11,16H,7H2. The van der Waals surface area contributed by atoms with Crippen molar-refractivity contribution in [1.82, 2.24) is 8.75 Å². The van der Waals surface area contributed by atoms with Gasteiger partial charge in [-0.15, -0.1) is 11.8 Å². The molecule has 100 valence electrons. The van der Waals surface area contributed by atoms with Crippen molar-refractivity contribution in [3.05, 3.63) is 47.0 Å². The summed E-state index contributed by atoms with van der Waals surface area (Å²) in [7, 11) is 0. The Bertz CT molecular complexity index is 787. The van der Waals surface area contributed by atoms with E-state index in [1.807, 2.05) is 23.9 Å². The maximum atomic E-state index is 6.33. The highest BCUT2D eigenvalue weighted by molar-refractivity contribution is 7.99. The predicted octanol–water partition coefficient (Wildman–Crippen LogP) is 4.60. The topological polar surface area (TPSA) is 37.8 Å². The van der Waals surface area contributed by atoms with Gasteiger partial charge in [-0.1, -0.05) is 29.8 Å². The first-order chi connectivity index (χ1) is 9.83. The number of halogens is 1. The Morgan fingerprint density at radius 3 is 3.00 bits per heavy atom. The minimum Gasteiger partial charge on any atom is -0.374 e. The first kappa shape index (κ1) is 12.4. The van der Waals surface area contributed by atoms with E-state index < -0.39 is 0 Å². The van der Waals surface area contributed by atoms with Gasteiger partial charge < -0.3 is 5.32 Å². The number of nitrogens with one attached hydrogen (secondary N) is 1. The molecule has 0 radical (unpaired) electrons. The molecule has 1 aromatic heterocycles. The van der Waals surface area contributed by atoms with E-state index in [9.17, 15) is 0 Å². The van der Waals surface area contributed by atoms with Crippen molar-refractivity contribution < 1.29 is 0 Å². The quantitative estimate of drug-likeness (QED) is 0.749. The molecule has 1 aliphatic heterocycles. The number of aromatic nitrogens is 2. The lowest BCUT2D eigenvalue weighted by Gasteiger charge is -2.16. The number of fused-ring (bicyclic) bond motifs is 2. The van der Waals surface area contributed by atoms with Crippen molar-refractivity contribution in [2.45, 2.75) is 10.9 Å². The molecule has 6 heteroatoms. The van der Waals surface area contributed by atoms with E-state index in [-0.39, 0.29) is 6.04 Å². The summed E-state index contributed by atoms with van der Waals surface area (Å²) in [6, 6.07) is 12.5. The zero-order valence-corrected chi connectivity index (χ0v) is 12.7. The van der Waals surface area contributed by atoms with Gasteiger partial charge in [0.1, 0.15) is 11.0 Å². The fourth-order valence-corrected chi connectivity index (χ4v) is 4.33. The van der Waals surface area contributed by atoms with E-state index in [1.165, 1.54) is 22.2 Å². The molecule has 4 rings (SSSR count). The van der Waals surface area contributed by atoms with E-state index in [4.69, 9.17) is 11.6 Å². The van der Waals surface area contributed by atoms with Gasteiger partial charge in [0.15, 0.2) is 0 Å². The third kappa shape index (κ3) is 1.97. The maximum absolute atomic E-state index is 6.33. The van der Waals surface area contributed by atoms with Crippen molar-refractivity contribution in [3.8, 4) is 0 Å². The van der Waals surface area contributed by atoms with Crippen LogP contribution in [0.2, 0.25) is 5.02 Å². The molecule has 2 heterocycles. The second-order valence-electron chi connectivity index (χ2n) is 4.60. The summed E-state index contributed by atoms with van der Waals surface area (Å²) in [5, 5.41) is 4.24. The summed E-state index contributed by atoms with van der Waals surface area (Å²) in [4.78, 5) is 1.34. The Kier molecular flexibility index (Phi) is 3.06. The van der Waals surface area contributed by atoms with Crippen LogP contribution in [0.1, 0.15) is 11.6 Å². The number of benzene rings is 2. The summed E-state index contributed by atoms with van der Waals surface area (Å²) >= 11 is 9.42. The molecule has 0 saturated carbocycles. The average Bonchev–Trinajstić information content (AvgIpc) is 3.09. The second kappa shape index (κ2) is 4.91. The molecule has 20 heavy (non-hydrogen) atoms. The Morgan fingerprint density at radius 2 is 2.05 bits per heavy atom. The molecule has 0 aliphatic carbocycles. The lowest BCUT2D eigenvalue weighted by atomic mass is 10.1. The minimum atomic E-state index is 0.265. The summed E-state index contributed by atoms with van der Waals surface area (Å²) in [5.41, 5.74) is 3.96. The van der Waals surface area contributed by atoms with Crippen LogP contribution in [0.5, 0.6) is 0 Å². The number of hydrogen-bond donors (Lipinski definition) is 1. The number of anilines is 1. The third-order valence-corrected chi connectivity index (χ3v) is 5.44. The predicted molar refractivity (Wildman–Crippen MR) is 86.0 cm³/mol. The zero-order chi connectivity index (χ0) is 13.5. The van der Waals surface area contributed by atoms with Crippen LogP contribution >= 0.6 is 35.1 Å². The van der Waals surface area contributed by atoms with Gasteiger partial charge in [0.2, 0.25) is 0 Å². The van der Waals surface area contributed by atoms with E-state index in [1.54, 1.807) is 0 Å². The average molecular weight is 320 g/mol.